The normalized spacial score (nSPS) is 28.4. The van der Waals surface area contributed by atoms with E-state index in [2.05, 4.69) is 31.2 Å². The maximum atomic E-state index is 11.7. The van der Waals surface area contributed by atoms with E-state index in [4.69, 9.17) is 4.74 Å². The van der Waals surface area contributed by atoms with Crippen LogP contribution in [0.15, 0.2) is 24.3 Å². The van der Waals surface area contributed by atoms with Gasteiger partial charge in [0.1, 0.15) is 5.60 Å². The summed E-state index contributed by atoms with van der Waals surface area (Å²) in [5, 5.41) is 0. The van der Waals surface area contributed by atoms with Crippen molar-refractivity contribution in [3.63, 3.8) is 0 Å². The zero-order chi connectivity index (χ0) is 13.3. The van der Waals surface area contributed by atoms with E-state index in [0.717, 1.165) is 6.42 Å². The molecule has 3 rings (SSSR count). The van der Waals surface area contributed by atoms with Crippen LogP contribution in [-0.2, 0) is 15.1 Å². The molecule has 1 heterocycles. The van der Waals surface area contributed by atoms with E-state index in [1.54, 1.807) is 0 Å². The van der Waals surface area contributed by atoms with Crippen molar-refractivity contribution in [2.45, 2.75) is 57.5 Å². The average molecular weight is 258 g/mol. The number of hydrogen-bond donors (Lipinski definition) is 0. The van der Waals surface area contributed by atoms with Crippen molar-refractivity contribution in [1.29, 1.82) is 0 Å². The number of aryl methyl sites for hydroxylation is 1. The Bertz CT molecular complexity index is 457. The van der Waals surface area contributed by atoms with Crippen LogP contribution in [-0.4, -0.2) is 5.97 Å². The second-order valence-electron chi connectivity index (χ2n) is 6.06. The van der Waals surface area contributed by atoms with Crippen molar-refractivity contribution in [1.82, 2.24) is 0 Å². The van der Waals surface area contributed by atoms with Gasteiger partial charge in [0, 0.05) is 18.8 Å². The predicted octanol–water partition coefficient (Wildman–Crippen LogP) is 4.11. The molecule has 1 aliphatic heterocycles. The molecule has 2 fully saturated rings. The van der Waals surface area contributed by atoms with Crippen LogP contribution in [0.1, 0.15) is 56.1 Å². The quantitative estimate of drug-likeness (QED) is 0.746. The molecule has 102 valence electrons. The van der Waals surface area contributed by atoms with Gasteiger partial charge in [-0.2, -0.15) is 0 Å². The third-order valence-corrected chi connectivity index (χ3v) is 4.80. The first-order chi connectivity index (χ1) is 9.21. The number of carbonyl (C=O) groups is 1. The van der Waals surface area contributed by atoms with Gasteiger partial charge in [-0.1, -0.05) is 49.1 Å². The minimum atomic E-state index is -0.328. The maximum Gasteiger partial charge on any atom is 0.306 e. The molecule has 2 nitrogen and oxygen atoms in total. The lowest BCUT2D eigenvalue weighted by molar-refractivity contribution is -0.155. The first-order valence-corrected chi connectivity index (χ1v) is 7.50. The summed E-state index contributed by atoms with van der Waals surface area (Å²) in [5.41, 5.74) is 2.13. The van der Waals surface area contributed by atoms with Gasteiger partial charge < -0.3 is 4.74 Å². The van der Waals surface area contributed by atoms with Gasteiger partial charge in [0.2, 0.25) is 0 Å². The van der Waals surface area contributed by atoms with Crippen LogP contribution in [0.2, 0.25) is 0 Å². The van der Waals surface area contributed by atoms with Gasteiger partial charge in [0.05, 0.1) is 0 Å². The number of hydrogen-bond acceptors (Lipinski definition) is 2. The molecule has 0 amide bonds. The molecule has 0 radical (unpaired) electrons. The third-order valence-electron chi connectivity index (χ3n) is 4.80. The van der Waals surface area contributed by atoms with Crippen molar-refractivity contribution in [3.05, 3.63) is 35.4 Å². The molecule has 1 saturated heterocycles. The molecular weight excluding hydrogens is 236 g/mol. The maximum absolute atomic E-state index is 11.7. The molecule has 0 bridgehead atoms. The highest BCUT2D eigenvalue weighted by Gasteiger charge is 2.48. The molecule has 1 aromatic carbocycles. The Hall–Kier alpha value is -1.31. The van der Waals surface area contributed by atoms with Crippen LogP contribution in [0.5, 0.6) is 0 Å². The molecule has 1 aliphatic carbocycles. The standard InChI is InChI=1S/C17H22O2/c1-13-7-9-15(10-8-13)17(12-11-16(18)19-17)14-5-3-2-4-6-14/h7-10,14H,2-6,11-12H2,1H3. The van der Waals surface area contributed by atoms with Crippen molar-refractivity contribution in [2.75, 3.05) is 0 Å². The SMILES string of the molecule is Cc1ccc(C2(C3CCCCC3)CCC(=O)O2)cc1. The van der Waals surface area contributed by atoms with Gasteiger partial charge in [-0.15, -0.1) is 0 Å². The molecule has 0 spiro atoms. The van der Waals surface area contributed by atoms with E-state index < -0.39 is 0 Å². The van der Waals surface area contributed by atoms with Crippen LogP contribution < -0.4 is 0 Å². The highest BCUT2D eigenvalue weighted by atomic mass is 16.6. The number of carbonyl (C=O) groups excluding carboxylic acids is 1. The number of ether oxygens (including phenoxy) is 1. The van der Waals surface area contributed by atoms with E-state index in [9.17, 15) is 4.79 Å². The number of rotatable bonds is 2. The van der Waals surface area contributed by atoms with E-state index in [0.29, 0.717) is 12.3 Å². The fraction of sp³-hybridized carbons (Fsp3) is 0.588. The van der Waals surface area contributed by atoms with Gasteiger partial charge >= 0.3 is 5.97 Å². The van der Waals surface area contributed by atoms with E-state index in [1.807, 2.05) is 0 Å². The second kappa shape index (κ2) is 4.99. The summed E-state index contributed by atoms with van der Waals surface area (Å²) >= 11 is 0. The molecule has 2 heteroatoms. The topological polar surface area (TPSA) is 26.3 Å². The summed E-state index contributed by atoms with van der Waals surface area (Å²) in [5.74, 6) is 0.488. The summed E-state index contributed by atoms with van der Waals surface area (Å²) in [6, 6.07) is 8.57. The summed E-state index contributed by atoms with van der Waals surface area (Å²) in [7, 11) is 0. The lowest BCUT2D eigenvalue weighted by Gasteiger charge is -2.38. The Morgan fingerprint density at radius 1 is 1.11 bits per heavy atom. The second-order valence-corrected chi connectivity index (χ2v) is 6.06. The molecule has 1 saturated carbocycles. The molecular formula is C17H22O2. The number of cyclic esters (lactones) is 1. The van der Waals surface area contributed by atoms with Gasteiger partial charge in [-0.05, 0) is 25.3 Å². The van der Waals surface area contributed by atoms with Crippen LogP contribution in [0, 0.1) is 12.8 Å². The summed E-state index contributed by atoms with van der Waals surface area (Å²) < 4.78 is 5.88. The zero-order valence-corrected chi connectivity index (χ0v) is 11.7. The predicted molar refractivity (Wildman–Crippen MR) is 74.8 cm³/mol. The number of esters is 1. The Kier molecular flexibility index (Phi) is 3.34. The highest BCUT2D eigenvalue weighted by molar-refractivity contribution is 5.72. The fourth-order valence-corrected chi connectivity index (χ4v) is 3.72. The van der Waals surface area contributed by atoms with Crippen molar-refractivity contribution in [3.8, 4) is 0 Å². The average Bonchev–Trinajstić information content (AvgIpc) is 2.84. The largest absolute Gasteiger partial charge is 0.454 e. The lowest BCUT2D eigenvalue weighted by Crippen LogP contribution is -2.36. The lowest BCUT2D eigenvalue weighted by atomic mass is 9.72. The summed E-state index contributed by atoms with van der Waals surface area (Å²) in [4.78, 5) is 11.7. The first-order valence-electron chi connectivity index (χ1n) is 7.50. The van der Waals surface area contributed by atoms with Gasteiger partial charge in [0.15, 0.2) is 0 Å². The van der Waals surface area contributed by atoms with Crippen LogP contribution in [0.25, 0.3) is 0 Å². The number of benzene rings is 1. The zero-order valence-electron chi connectivity index (χ0n) is 11.7. The molecule has 1 aromatic rings. The van der Waals surface area contributed by atoms with Crippen molar-refractivity contribution < 1.29 is 9.53 Å². The van der Waals surface area contributed by atoms with E-state index >= 15 is 0 Å². The molecule has 2 aliphatic rings. The van der Waals surface area contributed by atoms with Crippen LogP contribution in [0.4, 0.5) is 0 Å². The third kappa shape index (κ3) is 2.29. The van der Waals surface area contributed by atoms with Crippen LogP contribution >= 0.6 is 0 Å². The molecule has 19 heavy (non-hydrogen) atoms. The fourth-order valence-electron chi connectivity index (χ4n) is 3.72. The van der Waals surface area contributed by atoms with Gasteiger partial charge in [0.25, 0.3) is 0 Å². The van der Waals surface area contributed by atoms with Crippen molar-refractivity contribution in [2.24, 2.45) is 5.92 Å². The van der Waals surface area contributed by atoms with Crippen molar-refractivity contribution >= 4 is 5.97 Å². The van der Waals surface area contributed by atoms with E-state index in [1.165, 1.54) is 43.2 Å². The van der Waals surface area contributed by atoms with Gasteiger partial charge in [-0.25, -0.2) is 0 Å². The highest BCUT2D eigenvalue weighted by Crippen LogP contribution is 2.48. The minimum Gasteiger partial charge on any atom is -0.454 e. The first kappa shape index (κ1) is 12.7. The molecule has 1 atom stereocenters. The van der Waals surface area contributed by atoms with Crippen LogP contribution in [0.3, 0.4) is 0 Å². The summed E-state index contributed by atoms with van der Waals surface area (Å²) in [6.45, 7) is 2.09. The Morgan fingerprint density at radius 2 is 1.79 bits per heavy atom. The summed E-state index contributed by atoms with van der Waals surface area (Å²) in [6.07, 6.45) is 7.70. The van der Waals surface area contributed by atoms with E-state index in [-0.39, 0.29) is 11.6 Å². The smallest absolute Gasteiger partial charge is 0.306 e. The Labute approximate surface area is 115 Å². The minimum absolute atomic E-state index is 0.0221. The molecule has 0 N–H and O–H groups in total. The Morgan fingerprint density at radius 3 is 2.37 bits per heavy atom. The Balaban J connectivity index is 1.96. The molecule has 1 unspecified atom stereocenters. The molecule has 0 aromatic heterocycles. The monoisotopic (exact) mass is 258 g/mol. The van der Waals surface area contributed by atoms with Gasteiger partial charge in [-0.3, -0.25) is 4.79 Å².